The number of rotatable bonds is 1. The number of nitrogens with zero attached hydrogens (tertiary/aromatic N) is 2. The maximum Gasteiger partial charge on any atom is 0.172 e. The Labute approximate surface area is 118 Å². The molecule has 0 saturated heterocycles. The van der Waals surface area contributed by atoms with Gasteiger partial charge in [0.15, 0.2) is 11.9 Å². The van der Waals surface area contributed by atoms with Crippen molar-refractivity contribution in [2.24, 2.45) is 0 Å². The van der Waals surface area contributed by atoms with E-state index in [0.717, 1.165) is 42.1 Å². The molecule has 102 valence electrons. The molecule has 4 heteroatoms. The Kier molecular flexibility index (Phi) is 2.62. The van der Waals surface area contributed by atoms with Crippen molar-refractivity contribution in [3.8, 4) is 5.75 Å². The lowest BCUT2D eigenvalue weighted by molar-refractivity contribution is 0.227. The number of aryl methyl sites for hydroxylation is 1. The molecule has 2 N–H and O–H groups in total. The molecule has 2 aromatic rings. The van der Waals surface area contributed by atoms with Crippen LogP contribution in [-0.4, -0.2) is 9.97 Å². The fraction of sp³-hybridized carbons (Fsp3) is 0.375. The van der Waals surface area contributed by atoms with E-state index in [1.807, 2.05) is 18.2 Å². The fourth-order valence-corrected chi connectivity index (χ4v) is 3.11. The molecule has 20 heavy (non-hydrogen) atoms. The van der Waals surface area contributed by atoms with Crippen molar-refractivity contribution >= 4 is 5.82 Å². The molecule has 4 nitrogen and oxygen atoms in total. The normalized spacial score (nSPS) is 20.1. The molecule has 1 aliphatic heterocycles. The van der Waals surface area contributed by atoms with E-state index in [-0.39, 0.29) is 6.10 Å². The summed E-state index contributed by atoms with van der Waals surface area (Å²) >= 11 is 0. The Hall–Kier alpha value is -2.10. The molecule has 0 radical (unpaired) electrons. The number of para-hydroxylation sites is 1. The zero-order valence-corrected chi connectivity index (χ0v) is 11.3. The summed E-state index contributed by atoms with van der Waals surface area (Å²) in [6.07, 6.45) is 5.12. The Morgan fingerprint density at radius 3 is 2.85 bits per heavy atom. The minimum absolute atomic E-state index is 0.0954. The molecule has 4 rings (SSSR count). The minimum Gasteiger partial charge on any atom is -0.482 e. The van der Waals surface area contributed by atoms with Crippen LogP contribution in [0.4, 0.5) is 5.82 Å². The largest absolute Gasteiger partial charge is 0.482 e. The summed E-state index contributed by atoms with van der Waals surface area (Å²) in [7, 11) is 0. The number of benzene rings is 1. The van der Waals surface area contributed by atoms with Gasteiger partial charge in [-0.2, -0.15) is 0 Å². The molecule has 2 heterocycles. The first-order chi connectivity index (χ1) is 9.81. The Morgan fingerprint density at radius 1 is 1.10 bits per heavy atom. The van der Waals surface area contributed by atoms with Crippen molar-refractivity contribution in [1.82, 2.24) is 9.97 Å². The number of nitrogens with two attached hydrogens (primary N) is 1. The van der Waals surface area contributed by atoms with E-state index in [1.165, 1.54) is 18.4 Å². The highest BCUT2D eigenvalue weighted by Crippen LogP contribution is 2.36. The zero-order valence-electron chi connectivity index (χ0n) is 11.3. The van der Waals surface area contributed by atoms with E-state index >= 15 is 0 Å². The van der Waals surface area contributed by atoms with Crippen LogP contribution in [0.15, 0.2) is 24.3 Å². The first-order valence-electron chi connectivity index (χ1n) is 7.21. The van der Waals surface area contributed by atoms with Crippen molar-refractivity contribution < 1.29 is 4.74 Å². The topological polar surface area (TPSA) is 61.0 Å². The van der Waals surface area contributed by atoms with Gasteiger partial charge in [0.05, 0.1) is 0 Å². The van der Waals surface area contributed by atoms with E-state index < -0.39 is 0 Å². The predicted molar refractivity (Wildman–Crippen MR) is 76.6 cm³/mol. The van der Waals surface area contributed by atoms with Gasteiger partial charge >= 0.3 is 0 Å². The number of aromatic nitrogens is 2. The third kappa shape index (κ3) is 1.83. The second-order valence-electron chi connectivity index (χ2n) is 5.52. The molecule has 0 fully saturated rings. The van der Waals surface area contributed by atoms with Crippen LogP contribution in [0.5, 0.6) is 5.75 Å². The Balaban J connectivity index is 1.69. The van der Waals surface area contributed by atoms with Gasteiger partial charge in [-0.3, -0.25) is 0 Å². The lowest BCUT2D eigenvalue weighted by Crippen LogP contribution is -2.17. The molecule has 2 aliphatic rings. The first kappa shape index (κ1) is 11.7. The monoisotopic (exact) mass is 267 g/mol. The van der Waals surface area contributed by atoms with Crippen LogP contribution in [0.2, 0.25) is 0 Å². The van der Waals surface area contributed by atoms with Gasteiger partial charge in [-0.25, -0.2) is 9.97 Å². The van der Waals surface area contributed by atoms with Gasteiger partial charge in [0, 0.05) is 17.7 Å². The lowest BCUT2D eigenvalue weighted by Gasteiger charge is -2.18. The number of hydrogen-bond acceptors (Lipinski definition) is 4. The molecule has 0 bridgehead atoms. The quantitative estimate of drug-likeness (QED) is 0.862. The Morgan fingerprint density at radius 2 is 1.95 bits per heavy atom. The average molecular weight is 267 g/mol. The SMILES string of the molecule is Nc1nc(C2Cc3ccccc3O2)nc2c1CCCC2. The first-order valence-corrected chi connectivity index (χ1v) is 7.21. The third-order valence-electron chi connectivity index (χ3n) is 4.17. The molecular formula is C16H17N3O. The van der Waals surface area contributed by atoms with E-state index in [9.17, 15) is 0 Å². The summed E-state index contributed by atoms with van der Waals surface area (Å²) in [5.74, 6) is 2.32. The zero-order chi connectivity index (χ0) is 13.5. The number of hydrogen-bond donors (Lipinski definition) is 1. The smallest absolute Gasteiger partial charge is 0.172 e. The van der Waals surface area contributed by atoms with Crippen molar-refractivity contribution in [1.29, 1.82) is 0 Å². The number of ether oxygens (including phenoxy) is 1. The summed E-state index contributed by atoms with van der Waals surface area (Å²) < 4.78 is 5.96. The second kappa shape index (κ2) is 4.47. The van der Waals surface area contributed by atoms with Gasteiger partial charge in [0.2, 0.25) is 0 Å². The molecule has 1 atom stereocenters. The average Bonchev–Trinajstić information content (AvgIpc) is 2.91. The van der Waals surface area contributed by atoms with E-state index in [4.69, 9.17) is 15.5 Å². The minimum atomic E-state index is -0.0954. The predicted octanol–water partition coefficient (Wildman–Crippen LogP) is 2.61. The van der Waals surface area contributed by atoms with Crippen LogP contribution >= 0.6 is 0 Å². The van der Waals surface area contributed by atoms with Crippen LogP contribution in [0.3, 0.4) is 0 Å². The van der Waals surface area contributed by atoms with Gasteiger partial charge in [-0.1, -0.05) is 18.2 Å². The second-order valence-corrected chi connectivity index (χ2v) is 5.52. The highest BCUT2D eigenvalue weighted by molar-refractivity contribution is 5.45. The molecule has 0 saturated carbocycles. The van der Waals surface area contributed by atoms with Crippen molar-refractivity contribution in [2.75, 3.05) is 5.73 Å². The van der Waals surface area contributed by atoms with Crippen molar-refractivity contribution in [3.63, 3.8) is 0 Å². The van der Waals surface area contributed by atoms with Crippen LogP contribution in [0.1, 0.15) is 41.6 Å². The number of anilines is 1. The maximum atomic E-state index is 6.11. The van der Waals surface area contributed by atoms with Crippen LogP contribution < -0.4 is 10.5 Å². The van der Waals surface area contributed by atoms with E-state index in [0.29, 0.717) is 5.82 Å². The van der Waals surface area contributed by atoms with Crippen LogP contribution in [0.25, 0.3) is 0 Å². The molecule has 0 spiro atoms. The van der Waals surface area contributed by atoms with Gasteiger partial charge in [-0.15, -0.1) is 0 Å². The molecular weight excluding hydrogens is 250 g/mol. The van der Waals surface area contributed by atoms with Crippen molar-refractivity contribution in [3.05, 3.63) is 46.9 Å². The van der Waals surface area contributed by atoms with Crippen molar-refractivity contribution in [2.45, 2.75) is 38.2 Å². The summed E-state index contributed by atoms with van der Waals surface area (Å²) in [5, 5.41) is 0. The summed E-state index contributed by atoms with van der Waals surface area (Å²) in [6.45, 7) is 0. The van der Waals surface area contributed by atoms with Crippen LogP contribution in [-0.2, 0) is 19.3 Å². The van der Waals surface area contributed by atoms with Gasteiger partial charge in [-0.05, 0) is 37.3 Å². The Bertz CT molecular complexity index is 644. The summed E-state index contributed by atoms with van der Waals surface area (Å²) in [6, 6.07) is 8.12. The number of fused-ring (bicyclic) bond motifs is 2. The summed E-state index contributed by atoms with van der Waals surface area (Å²) in [5.41, 5.74) is 9.60. The molecule has 1 aliphatic carbocycles. The summed E-state index contributed by atoms with van der Waals surface area (Å²) in [4.78, 5) is 9.22. The molecule has 1 aromatic carbocycles. The van der Waals surface area contributed by atoms with E-state index in [1.54, 1.807) is 0 Å². The van der Waals surface area contributed by atoms with Gasteiger partial charge in [0.1, 0.15) is 11.6 Å². The highest BCUT2D eigenvalue weighted by Gasteiger charge is 2.28. The molecule has 0 amide bonds. The fourth-order valence-electron chi connectivity index (χ4n) is 3.11. The molecule has 1 aromatic heterocycles. The van der Waals surface area contributed by atoms with E-state index in [2.05, 4.69) is 11.1 Å². The highest BCUT2D eigenvalue weighted by atomic mass is 16.5. The van der Waals surface area contributed by atoms with Crippen LogP contribution in [0, 0.1) is 0 Å². The van der Waals surface area contributed by atoms with Gasteiger partial charge < -0.3 is 10.5 Å². The lowest BCUT2D eigenvalue weighted by atomic mass is 9.96. The van der Waals surface area contributed by atoms with Gasteiger partial charge in [0.25, 0.3) is 0 Å². The number of nitrogen functional groups attached to an aromatic ring is 1. The third-order valence-corrected chi connectivity index (χ3v) is 4.17. The molecule has 1 unspecified atom stereocenters. The standard InChI is InChI=1S/C16H17N3O/c17-15-11-6-2-3-7-12(11)18-16(19-15)14-9-10-5-1-4-8-13(10)20-14/h1,4-5,8,14H,2-3,6-7,9H2,(H2,17,18,19). The maximum absolute atomic E-state index is 6.11.